The van der Waals surface area contributed by atoms with Crippen molar-refractivity contribution in [3.63, 3.8) is 0 Å². The molecule has 21 heavy (non-hydrogen) atoms. The summed E-state index contributed by atoms with van der Waals surface area (Å²) in [5, 5.41) is 3.40. The van der Waals surface area contributed by atoms with Crippen molar-refractivity contribution < 1.29 is 9.47 Å². The molecule has 0 aliphatic rings. The van der Waals surface area contributed by atoms with Gasteiger partial charge in [0.25, 0.3) is 0 Å². The molecule has 0 spiro atoms. The Morgan fingerprint density at radius 3 is 2.19 bits per heavy atom. The minimum absolute atomic E-state index is 0.469. The molecule has 0 amide bonds. The van der Waals surface area contributed by atoms with Crippen LogP contribution in [-0.2, 0) is 11.3 Å². The lowest BCUT2D eigenvalue weighted by Crippen LogP contribution is -2.21. The van der Waals surface area contributed by atoms with E-state index in [0.717, 1.165) is 27.8 Å². The molecule has 1 aromatic carbocycles. The predicted molar refractivity (Wildman–Crippen MR) is 95.0 cm³/mol. The van der Waals surface area contributed by atoms with E-state index in [1.807, 2.05) is 0 Å². The van der Waals surface area contributed by atoms with Crippen molar-refractivity contribution in [2.24, 2.45) is 5.92 Å². The van der Waals surface area contributed by atoms with Crippen molar-refractivity contribution in [2.45, 2.75) is 40.3 Å². The minimum atomic E-state index is 0.469. The number of halogens is 2. The van der Waals surface area contributed by atoms with Crippen LogP contribution in [0.2, 0.25) is 0 Å². The molecule has 0 aliphatic heterocycles. The Morgan fingerprint density at radius 2 is 1.67 bits per heavy atom. The molecule has 1 rings (SSSR count). The lowest BCUT2D eigenvalue weighted by molar-refractivity contribution is 0.0815. The zero-order chi connectivity index (χ0) is 15.8. The average molecular weight is 423 g/mol. The van der Waals surface area contributed by atoms with Crippen LogP contribution in [0.5, 0.6) is 5.75 Å². The summed E-state index contributed by atoms with van der Waals surface area (Å²) in [7, 11) is 0. The van der Waals surface area contributed by atoms with Gasteiger partial charge in [-0.1, -0.05) is 27.7 Å². The zero-order valence-electron chi connectivity index (χ0n) is 13.2. The first-order valence-electron chi connectivity index (χ1n) is 7.32. The van der Waals surface area contributed by atoms with Gasteiger partial charge in [-0.3, -0.25) is 0 Å². The third-order valence-corrected chi connectivity index (χ3v) is 3.88. The van der Waals surface area contributed by atoms with Crippen molar-refractivity contribution in [1.29, 1.82) is 0 Å². The van der Waals surface area contributed by atoms with Gasteiger partial charge in [0.15, 0.2) is 0 Å². The third-order valence-electron chi connectivity index (χ3n) is 2.70. The van der Waals surface area contributed by atoms with Crippen LogP contribution in [0.4, 0.5) is 0 Å². The van der Waals surface area contributed by atoms with Gasteiger partial charge in [0.1, 0.15) is 12.4 Å². The second kappa shape index (κ2) is 9.82. The van der Waals surface area contributed by atoms with Gasteiger partial charge in [-0.15, -0.1) is 0 Å². The summed E-state index contributed by atoms with van der Waals surface area (Å²) >= 11 is 7.15. The molecule has 0 aliphatic carbocycles. The molecular formula is C16H25Br2NO2. The van der Waals surface area contributed by atoms with Crippen LogP contribution < -0.4 is 10.1 Å². The zero-order valence-corrected chi connectivity index (χ0v) is 16.4. The Kier molecular flexibility index (Phi) is 8.86. The Hall–Kier alpha value is -0.100. The molecule has 0 atom stereocenters. The van der Waals surface area contributed by atoms with E-state index in [1.54, 1.807) is 0 Å². The number of hydrogen-bond acceptors (Lipinski definition) is 3. The Labute approximate surface area is 145 Å². The normalized spacial score (nSPS) is 11.4. The number of ether oxygens (including phenoxy) is 2. The van der Waals surface area contributed by atoms with Gasteiger partial charge in [0, 0.05) is 19.2 Å². The highest BCUT2D eigenvalue weighted by molar-refractivity contribution is 9.11. The quantitative estimate of drug-likeness (QED) is 0.582. The fourth-order valence-corrected chi connectivity index (χ4v) is 3.21. The van der Waals surface area contributed by atoms with Gasteiger partial charge in [-0.2, -0.15) is 0 Å². The molecule has 0 bridgehead atoms. The van der Waals surface area contributed by atoms with E-state index in [4.69, 9.17) is 9.47 Å². The minimum Gasteiger partial charge on any atom is -0.489 e. The second-order valence-corrected chi connectivity index (χ2v) is 7.45. The van der Waals surface area contributed by atoms with E-state index in [-0.39, 0.29) is 0 Å². The van der Waals surface area contributed by atoms with Crippen molar-refractivity contribution in [1.82, 2.24) is 5.32 Å². The summed E-state index contributed by atoms with van der Waals surface area (Å²) in [6.07, 6.45) is 0. The highest BCUT2D eigenvalue weighted by Crippen LogP contribution is 2.34. The highest BCUT2D eigenvalue weighted by Gasteiger charge is 2.09. The first-order chi connectivity index (χ1) is 9.90. The second-order valence-electron chi connectivity index (χ2n) is 5.74. The number of nitrogens with one attached hydrogen (secondary N) is 1. The lowest BCUT2D eigenvalue weighted by atomic mass is 10.2. The molecule has 0 aromatic heterocycles. The topological polar surface area (TPSA) is 30.5 Å². The monoisotopic (exact) mass is 421 g/mol. The van der Waals surface area contributed by atoms with Gasteiger partial charge in [0.2, 0.25) is 0 Å². The largest absolute Gasteiger partial charge is 0.489 e. The number of benzene rings is 1. The third kappa shape index (κ3) is 7.63. The fourth-order valence-electron chi connectivity index (χ4n) is 1.70. The molecule has 0 saturated heterocycles. The van der Waals surface area contributed by atoms with Crippen LogP contribution in [0, 0.1) is 5.92 Å². The molecule has 0 fully saturated rings. The number of rotatable bonds is 9. The van der Waals surface area contributed by atoms with Gasteiger partial charge in [-0.25, -0.2) is 0 Å². The average Bonchev–Trinajstić information content (AvgIpc) is 2.38. The van der Waals surface area contributed by atoms with Crippen molar-refractivity contribution >= 4 is 31.9 Å². The van der Waals surface area contributed by atoms with Gasteiger partial charge < -0.3 is 14.8 Å². The van der Waals surface area contributed by atoms with Gasteiger partial charge >= 0.3 is 0 Å². The Morgan fingerprint density at radius 1 is 1.05 bits per heavy atom. The predicted octanol–water partition coefficient (Wildman–Crippen LogP) is 4.76. The summed E-state index contributed by atoms with van der Waals surface area (Å²) in [6.45, 7) is 11.3. The van der Waals surface area contributed by atoms with E-state index in [2.05, 4.69) is 77.0 Å². The Bertz CT molecular complexity index is 413. The molecule has 0 heterocycles. The first kappa shape index (κ1) is 18.9. The van der Waals surface area contributed by atoms with Crippen LogP contribution >= 0.6 is 31.9 Å². The molecule has 1 N–H and O–H groups in total. The fraction of sp³-hybridized carbons (Fsp3) is 0.625. The van der Waals surface area contributed by atoms with Crippen LogP contribution in [0.15, 0.2) is 21.1 Å². The molecular weight excluding hydrogens is 398 g/mol. The molecule has 5 heteroatoms. The van der Waals surface area contributed by atoms with Gasteiger partial charge in [-0.05, 0) is 55.5 Å². The maximum Gasteiger partial charge on any atom is 0.147 e. The molecule has 120 valence electrons. The van der Waals surface area contributed by atoms with Gasteiger partial charge in [0.05, 0.1) is 15.6 Å². The lowest BCUT2D eigenvalue weighted by Gasteiger charge is -2.14. The van der Waals surface area contributed by atoms with Crippen molar-refractivity contribution in [2.75, 3.05) is 19.8 Å². The summed E-state index contributed by atoms with van der Waals surface area (Å²) in [5.74, 6) is 1.38. The van der Waals surface area contributed by atoms with E-state index < -0.39 is 0 Å². The SMILES string of the molecule is CC(C)COCCOc1c(Br)cc(CNC(C)C)cc1Br. The molecule has 0 saturated carbocycles. The molecule has 1 aromatic rings. The summed E-state index contributed by atoms with van der Waals surface area (Å²) in [4.78, 5) is 0. The highest BCUT2D eigenvalue weighted by atomic mass is 79.9. The van der Waals surface area contributed by atoms with Crippen LogP contribution in [0.25, 0.3) is 0 Å². The molecule has 3 nitrogen and oxygen atoms in total. The number of hydrogen-bond donors (Lipinski definition) is 1. The molecule has 0 radical (unpaired) electrons. The van der Waals surface area contributed by atoms with Crippen molar-refractivity contribution in [3.05, 3.63) is 26.6 Å². The maximum absolute atomic E-state index is 5.79. The first-order valence-corrected chi connectivity index (χ1v) is 8.90. The van der Waals surface area contributed by atoms with E-state index >= 15 is 0 Å². The van der Waals surface area contributed by atoms with E-state index in [0.29, 0.717) is 25.2 Å². The smallest absolute Gasteiger partial charge is 0.147 e. The van der Waals surface area contributed by atoms with Crippen LogP contribution in [0.1, 0.15) is 33.3 Å². The van der Waals surface area contributed by atoms with E-state index in [9.17, 15) is 0 Å². The Balaban J connectivity index is 2.51. The van der Waals surface area contributed by atoms with Crippen LogP contribution in [-0.4, -0.2) is 25.9 Å². The summed E-state index contributed by atoms with van der Waals surface area (Å²) in [5.41, 5.74) is 1.21. The van der Waals surface area contributed by atoms with Crippen LogP contribution in [0.3, 0.4) is 0 Å². The molecule has 0 unspecified atom stereocenters. The summed E-state index contributed by atoms with van der Waals surface area (Å²) in [6, 6.07) is 4.64. The van der Waals surface area contributed by atoms with E-state index in [1.165, 1.54) is 5.56 Å². The van der Waals surface area contributed by atoms with Crippen molar-refractivity contribution in [3.8, 4) is 5.75 Å². The standard InChI is InChI=1S/C16H25Br2NO2/c1-11(2)10-20-5-6-21-16-14(17)7-13(8-15(16)18)9-19-12(3)4/h7-8,11-12,19H,5-6,9-10H2,1-4H3. The summed E-state index contributed by atoms with van der Waals surface area (Å²) < 4.78 is 13.2. The maximum atomic E-state index is 5.79.